The number of rotatable bonds is 10. The van der Waals surface area contributed by atoms with Crippen LogP contribution >= 0.6 is 0 Å². The average molecular weight is 499 g/mol. The Morgan fingerprint density at radius 2 is 1.35 bits per heavy atom. The Morgan fingerprint density at radius 3 is 1.89 bits per heavy atom. The summed E-state index contributed by atoms with van der Waals surface area (Å²) in [5.41, 5.74) is 7.17. The van der Waals surface area contributed by atoms with Crippen LogP contribution in [0, 0.1) is 5.92 Å². The Kier molecular flexibility index (Phi) is 9.79. The van der Waals surface area contributed by atoms with Crippen molar-refractivity contribution in [3.8, 4) is 0 Å². The summed E-state index contributed by atoms with van der Waals surface area (Å²) in [4.78, 5) is 10.0. The van der Waals surface area contributed by atoms with E-state index >= 15 is 0 Å². The third-order valence-corrected chi connectivity index (χ3v) is 7.72. The molecule has 0 atom stereocenters. The topological polar surface area (TPSA) is 13.0 Å². The summed E-state index contributed by atoms with van der Waals surface area (Å²) in [6.45, 7) is 12.1. The normalized spacial score (nSPS) is 17.6. The third-order valence-electron chi connectivity index (χ3n) is 7.72. The molecular formula is C33H46N4. The van der Waals surface area contributed by atoms with E-state index in [-0.39, 0.29) is 0 Å². The first-order valence-electron chi connectivity index (χ1n) is 13.9. The molecule has 37 heavy (non-hydrogen) atoms. The molecule has 198 valence electrons. The van der Waals surface area contributed by atoms with Crippen LogP contribution in [0.3, 0.4) is 0 Å². The van der Waals surface area contributed by atoms with Gasteiger partial charge in [0.25, 0.3) is 0 Å². The summed E-state index contributed by atoms with van der Waals surface area (Å²) in [5.74, 6) is 0.532. The number of nitrogens with zero attached hydrogens (tertiary/aromatic N) is 4. The largest absolute Gasteiger partial charge is 0.376 e. The molecule has 0 aromatic heterocycles. The summed E-state index contributed by atoms with van der Waals surface area (Å²) in [6, 6.07) is 22.3. The highest BCUT2D eigenvalue weighted by molar-refractivity contribution is 5.36. The molecule has 4 rings (SSSR count). The van der Waals surface area contributed by atoms with Crippen LogP contribution in [0.5, 0.6) is 0 Å². The molecule has 0 spiro atoms. The monoisotopic (exact) mass is 498 g/mol. The number of benzene rings is 2. The molecule has 2 aromatic carbocycles. The van der Waals surface area contributed by atoms with Gasteiger partial charge < -0.3 is 9.80 Å². The number of hydrogen-bond donors (Lipinski definition) is 0. The summed E-state index contributed by atoms with van der Waals surface area (Å²) in [6.07, 6.45) is 8.24. The van der Waals surface area contributed by atoms with Crippen LogP contribution in [0.1, 0.15) is 37.4 Å². The molecule has 1 heterocycles. The predicted octanol–water partition coefficient (Wildman–Crippen LogP) is 5.68. The van der Waals surface area contributed by atoms with Gasteiger partial charge in [-0.25, -0.2) is 0 Å². The molecule has 1 aliphatic carbocycles. The highest BCUT2D eigenvalue weighted by Gasteiger charge is 2.27. The fourth-order valence-electron chi connectivity index (χ4n) is 5.36. The van der Waals surface area contributed by atoms with Gasteiger partial charge in [-0.1, -0.05) is 92.2 Å². The Morgan fingerprint density at radius 1 is 0.757 bits per heavy atom. The number of allylic oxidation sites excluding steroid dienone is 5. The van der Waals surface area contributed by atoms with E-state index in [1.807, 2.05) is 0 Å². The lowest BCUT2D eigenvalue weighted by Gasteiger charge is -2.40. The molecule has 0 N–H and O–H groups in total. The smallest absolute Gasteiger partial charge is 0.0602 e. The third kappa shape index (κ3) is 7.67. The van der Waals surface area contributed by atoms with Gasteiger partial charge in [0.05, 0.1) is 6.04 Å². The second kappa shape index (κ2) is 13.2. The van der Waals surface area contributed by atoms with E-state index in [0.29, 0.717) is 12.0 Å². The van der Waals surface area contributed by atoms with Crippen molar-refractivity contribution in [2.24, 2.45) is 5.92 Å². The first kappa shape index (κ1) is 27.4. The van der Waals surface area contributed by atoms with E-state index in [1.165, 1.54) is 28.0 Å². The molecule has 0 bridgehead atoms. The zero-order valence-electron chi connectivity index (χ0n) is 23.6. The van der Waals surface area contributed by atoms with E-state index in [0.717, 1.165) is 52.2 Å². The zero-order valence-corrected chi connectivity index (χ0v) is 23.6. The van der Waals surface area contributed by atoms with Gasteiger partial charge in [-0.15, -0.1) is 0 Å². The van der Waals surface area contributed by atoms with Gasteiger partial charge in [0.15, 0.2) is 0 Å². The molecule has 0 radical (unpaired) electrons. The van der Waals surface area contributed by atoms with Crippen LogP contribution < -0.4 is 0 Å². The predicted molar refractivity (Wildman–Crippen MR) is 158 cm³/mol. The molecule has 0 unspecified atom stereocenters. The van der Waals surface area contributed by atoms with Crippen molar-refractivity contribution < 1.29 is 0 Å². The first-order valence-corrected chi connectivity index (χ1v) is 13.9. The van der Waals surface area contributed by atoms with E-state index < -0.39 is 0 Å². The summed E-state index contributed by atoms with van der Waals surface area (Å²) < 4.78 is 0. The molecule has 2 aromatic rings. The molecular weight excluding hydrogens is 452 g/mol. The lowest BCUT2D eigenvalue weighted by molar-refractivity contribution is 0.115. The van der Waals surface area contributed by atoms with Crippen molar-refractivity contribution in [1.29, 1.82) is 0 Å². The maximum absolute atomic E-state index is 2.67. The van der Waals surface area contributed by atoms with Crippen molar-refractivity contribution in [3.63, 3.8) is 0 Å². The van der Waals surface area contributed by atoms with Crippen molar-refractivity contribution in [1.82, 2.24) is 19.6 Å². The Bertz CT molecular complexity index is 1020. The molecule has 1 fully saturated rings. The van der Waals surface area contributed by atoms with Gasteiger partial charge in [0.2, 0.25) is 0 Å². The molecule has 4 heteroatoms. The van der Waals surface area contributed by atoms with Crippen LogP contribution in [-0.2, 0) is 0 Å². The minimum atomic E-state index is 0.318. The second-order valence-electron chi connectivity index (χ2n) is 11.2. The second-order valence-corrected chi connectivity index (χ2v) is 11.2. The van der Waals surface area contributed by atoms with Crippen LogP contribution in [0.4, 0.5) is 0 Å². The number of piperazine rings is 1. The number of likely N-dealkylation sites (N-methyl/N-ethyl adjacent to an activating group) is 2. The van der Waals surface area contributed by atoms with Gasteiger partial charge >= 0.3 is 0 Å². The maximum atomic E-state index is 2.67. The molecule has 2 aliphatic rings. The van der Waals surface area contributed by atoms with E-state index in [1.54, 1.807) is 0 Å². The Balaban J connectivity index is 1.42. The molecule has 0 saturated carbocycles. The fourth-order valence-corrected chi connectivity index (χ4v) is 5.36. The summed E-state index contributed by atoms with van der Waals surface area (Å²) in [7, 11) is 6.56. The molecule has 1 aliphatic heterocycles. The van der Waals surface area contributed by atoms with Gasteiger partial charge in [-0.2, -0.15) is 0 Å². The van der Waals surface area contributed by atoms with Crippen LogP contribution in [-0.4, -0.2) is 86.6 Å². The van der Waals surface area contributed by atoms with E-state index in [9.17, 15) is 0 Å². The highest BCUT2D eigenvalue weighted by atomic mass is 15.3. The first-order chi connectivity index (χ1) is 17.9. The number of hydrogen-bond acceptors (Lipinski definition) is 4. The lowest BCUT2D eigenvalue weighted by Crippen LogP contribution is -2.48. The van der Waals surface area contributed by atoms with Crippen molar-refractivity contribution in [3.05, 3.63) is 107 Å². The van der Waals surface area contributed by atoms with Gasteiger partial charge in [-0.3, -0.25) is 9.80 Å². The minimum Gasteiger partial charge on any atom is -0.376 e. The quantitative estimate of drug-likeness (QED) is 0.418. The summed E-state index contributed by atoms with van der Waals surface area (Å²) in [5, 5.41) is 0. The lowest BCUT2D eigenvalue weighted by atomic mass is 9.96. The van der Waals surface area contributed by atoms with Gasteiger partial charge in [-0.05, 0) is 42.8 Å². The fraction of sp³-hybridized carbons (Fsp3) is 0.455. The SMILES string of the molecule is CC(C)C1=CC=C(CN2CCN(C(c3ccccc3)c3ccccc3)CC2)CC(N(C)CCN(C)C)=C1. The van der Waals surface area contributed by atoms with Crippen molar-refractivity contribution >= 4 is 0 Å². The van der Waals surface area contributed by atoms with Gasteiger partial charge in [0.1, 0.15) is 0 Å². The van der Waals surface area contributed by atoms with Gasteiger partial charge in [0, 0.05) is 65.0 Å². The van der Waals surface area contributed by atoms with E-state index in [2.05, 4.69) is 133 Å². The molecule has 1 saturated heterocycles. The highest BCUT2D eigenvalue weighted by Crippen LogP contribution is 2.30. The minimum absolute atomic E-state index is 0.318. The average Bonchev–Trinajstić information content (AvgIpc) is 3.13. The van der Waals surface area contributed by atoms with Crippen molar-refractivity contribution in [2.75, 3.05) is 67.0 Å². The zero-order chi connectivity index (χ0) is 26.2. The molecule has 4 nitrogen and oxygen atoms in total. The maximum Gasteiger partial charge on any atom is 0.0602 e. The van der Waals surface area contributed by atoms with E-state index in [4.69, 9.17) is 0 Å². The van der Waals surface area contributed by atoms with Crippen LogP contribution in [0.2, 0.25) is 0 Å². The molecule has 0 amide bonds. The Hall–Kier alpha value is -2.66. The van der Waals surface area contributed by atoms with Crippen LogP contribution in [0.15, 0.2) is 95.7 Å². The Labute approximate surface area is 225 Å². The van der Waals surface area contributed by atoms with Crippen molar-refractivity contribution in [2.45, 2.75) is 26.3 Å². The van der Waals surface area contributed by atoms with Crippen LogP contribution in [0.25, 0.3) is 0 Å². The summed E-state index contributed by atoms with van der Waals surface area (Å²) >= 11 is 0. The standard InChI is InChI=1S/C33H46N4/c1-27(2)31-17-16-28(24-32(25-31)35(5)19-18-34(3)4)26-36-20-22-37(23-21-36)33(29-12-8-6-9-13-29)30-14-10-7-11-15-30/h6-17,25,27,33H,18-24,26H2,1-5H3.